The van der Waals surface area contributed by atoms with Gasteiger partial charge in [-0.2, -0.15) is 13.2 Å². The Balaban J connectivity index is 3.18. The van der Waals surface area contributed by atoms with Crippen LogP contribution in [0.3, 0.4) is 0 Å². The van der Waals surface area contributed by atoms with Crippen LogP contribution in [-0.2, 0) is 12.7 Å². The summed E-state index contributed by atoms with van der Waals surface area (Å²) in [6.45, 7) is -0.161. The van der Waals surface area contributed by atoms with E-state index in [1.165, 1.54) is 19.2 Å². The molecule has 0 aliphatic rings. The fraction of sp³-hybridized carbons (Fsp3) is 0.333. The first-order valence-corrected chi connectivity index (χ1v) is 3.93. The van der Waals surface area contributed by atoms with Gasteiger partial charge in [0, 0.05) is 6.54 Å². The van der Waals surface area contributed by atoms with Gasteiger partial charge in [-0.3, -0.25) is 0 Å². The second-order valence-electron chi connectivity index (χ2n) is 2.72. The summed E-state index contributed by atoms with van der Waals surface area (Å²) in [6.07, 6.45) is -4.36. The fourth-order valence-corrected chi connectivity index (χ4v) is 1.14. The smallest absolute Gasteiger partial charge is 0.416 e. The molecule has 1 rings (SSSR count). The minimum atomic E-state index is -4.36. The SMILES string of the molecule is COc1ccc(C(F)(F)F)c(CN)c1. The van der Waals surface area contributed by atoms with Gasteiger partial charge < -0.3 is 10.5 Å². The first-order valence-electron chi connectivity index (χ1n) is 3.93. The highest BCUT2D eigenvalue weighted by molar-refractivity contribution is 5.37. The third-order valence-electron chi connectivity index (χ3n) is 1.84. The maximum absolute atomic E-state index is 12.4. The van der Waals surface area contributed by atoms with Gasteiger partial charge in [-0.05, 0) is 23.8 Å². The van der Waals surface area contributed by atoms with Crippen molar-refractivity contribution < 1.29 is 17.9 Å². The Labute approximate surface area is 79.5 Å². The third-order valence-corrected chi connectivity index (χ3v) is 1.84. The summed E-state index contributed by atoms with van der Waals surface area (Å²) in [5.74, 6) is 0.374. The summed E-state index contributed by atoms with van der Waals surface area (Å²) in [4.78, 5) is 0. The minimum Gasteiger partial charge on any atom is -0.497 e. The van der Waals surface area contributed by atoms with Gasteiger partial charge in [-0.15, -0.1) is 0 Å². The van der Waals surface area contributed by atoms with Gasteiger partial charge in [-0.25, -0.2) is 0 Å². The Morgan fingerprint density at radius 3 is 2.43 bits per heavy atom. The van der Waals surface area contributed by atoms with Crippen LogP contribution in [0.1, 0.15) is 11.1 Å². The molecule has 0 bridgehead atoms. The molecule has 0 fully saturated rings. The zero-order chi connectivity index (χ0) is 10.8. The topological polar surface area (TPSA) is 35.2 Å². The molecule has 0 aromatic heterocycles. The molecule has 78 valence electrons. The number of nitrogens with two attached hydrogens (primary N) is 1. The fourth-order valence-electron chi connectivity index (χ4n) is 1.14. The van der Waals surface area contributed by atoms with Gasteiger partial charge in [-0.1, -0.05) is 0 Å². The number of alkyl halides is 3. The summed E-state index contributed by atoms with van der Waals surface area (Å²) >= 11 is 0. The number of methoxy groups -OCH3 is 1. The third kappa shape index (κ3) is 2.17. The largest absolute Gasteiger partial charge is 0.497 e. The average molecular weight is 205 g/mol. The molecule has 5 heteroatoms. The van der Waals surface area contributed by atoms with Crippen molar-refractivity contribution in [2.75, 3.05) is 7.11 Å². The monoisotopic (exact) mass is 205 g/mol. The van der Waals surface area contributed by atoms with E-state index >= 15 is 0 Å². The van der Waals surface area contributed by atoms with Crippen molar-refractivity contribution in [2.45, 2.75) is 12.7 Å². The van der Waals surface area contributed by atoms with Crippen molar-refractivity contribution in [3.05, 3.63) is 29.3 Å². The number of hydrogen-bond donors (Lipinski definition) is 1. The molecule has 0 heterocycles. The summed E-state index contributed by atoms with van der Waals surface area (Å²) < 4.78 is 41.9. The van der Waals surface area contributed by atoms with Crippen LogP contribution in [0, 0.1) is 0 Å². The van der Waals surface area contributed by atoms with Gasteiger partial charge >= 0.3 is 6.18 Å². The normalized spacial score (nSPS) is 11.5. The van der Waals surface area contributed by atoms with Gasteiger partial charge in [0.2, 0.25) is 0 Å². The van der Waals surface area contributed by atoms with Crippen LogP contribution in [0.25, 0.3) is 0 Å². The van der Waals surface area contributed by atoms with Crippen LogP contribution < -0.4 is 10.5 Å². The lowest BCUT2D eigenvalue weighted by molar-refractivity contribution is -0.138. The van der Waals surface area contributed by atoms with Crippen molar-refractivity contribution >= 4 is 0 Å². The molecule has 0 amide bonds. The molecule has 14 heavy (non-hydrogen) atoms. The van der Waals surface area contributed by atoms with Crippen LogP contribution in [-0.4, -0.2) is 7.11 Å². The standard InChI is InChI=1S/C9H10F3NO/c1-14-7-2-3-8(9(10,11)12)6(4-7)5-13/h2-4H,5,13H2,1H3. The molecule has 0 saturated heterocycles. The van der Waals surface area contributed by atoms with E-state index in [4.69, 9.17) is 10.5 Å². The first-order chi connectivity index (χ1) is 6.49. The highest BCUT2D eigenvalue weighted by Gasteiger charge is 2.32. The van der Waals surface area contributed by atoms with Crippen molar-refractivity contribution in [1.82, 2.24) is 0 Å². The summed E-state index contributed by atoms with van der Waals surface area (Å²) in [7, 11) is 1.39. The van der Waals surface area contributed by atoms with Crippen molar-refractivity contribution in [3.8, 4) is 5.75 Å². The predicted octanol–water partition coefficient (Wildman–Crippen LogP) is 2.17. The predicted molar refractivity (Wildman–Crippen MR) is 45.9 cm³/mol. The molecule has 1 aromatic rings. The molecule has 2 nitrogen and oxygen atoms in total. The minimum absolute atomic E-state index is 0.0388. The lowest BCUT2D eigenvalue weighted by Gasteiger charge is -2.12. The molecule has 0 aliphatic carbocycles. The van der Waals surface area contributed by atoms with E-state index in [0.29, 0.717) is 5.75 Å². The second kappa shape index (κ2) is 3.88. The van der Waals surface area contributed by atoms with E-state index in [1.807, 2.05) is 0 Å². The van der Waals surface area contributed by atoms with Crippen LogP contribution in [0.2, 0.25) is 0 Å². The van der Waals surface area contributed by atoms with E-state index in [2.05, 4.69) is 0 Å². The first kappa shape index (κ1) is 10.8. The van der Waals surface area contributed by atoms with Crippen LogP contribution in [0.15, 0.2) is 18.2 Å². The summed E-state index contributed by atoms with van der Waals surface area (Å²) in [5.41, 5.74) is 4.55. The molecule has 1 aromatic carbocycles. The number of ether oxygens (including phenoxy) is 1. The molecule has 0 radical (unpaired) electrons. The maximum atomic E-state index is 12.4. The Kier molecular flexibility index (Phi) is 3.00. The zero-order valence-corrected chi connectivity index (χ0v) is 7.56. The summed E-state index contributed by atoms with van der Waals surface area (Å²) in [5, 5.41) is 0. The van der Waals surface area contributed by atoms with E-state index in [1.54, 1.807) is 0 Å². The van der Waals surface area contributed by atoms with Gasteiger partial charge in [0.25, 0.3) is 0 Å². The highest BCUT2D eigenvalue weighted by Crippen LogP contribution is 2.33. The van der Waals surface area contributed by atoms with Crippen molar-refractivity contribution in [3.63, 3.8) is 0 Å². The Morgan fingerprint density at radius 2 is 2.00 bits per heavy atom. The second-order valence-corrected chi connectivity index (χ2v) is 2.72. The van der Waals surface area contributed by atoms with Gasteiger partial charge in [0.05, 0.1) is 12.7 Å². The zero-order valence-electron chi connectivity index (χ0n) is 7.56. The molecule has 0 spiro atoms. The van der Waals surface area contributed by atoms with Crippen molar-refractivity contribution in [2.24, 2.45) is 5.73 Å². The Morgan fingerprint density at radius 1 is 1.36 bits per heavy atom. The molecule has 0 atom stereocenters. The van der Waals surface area contributed by atoms with Crippen LogP contribution >= 0.6 is 0 Å². The molecule has 2 N–H and O–H groups in total. The molecule has 0 unspecified atom stereocenters. The molecular weight excluding hydrogens is 195 g/mol. The Hall–Kier alpha value is -1.23. The highest BCUT2D eigenvalue weighted by atomic mass is 19.4. The quantitative estimate of drug-likeness (QED) is 0.803. The van der Waals surface area contributed by atoms with E-state index in [0.717, 1.165) is 6.07 Å². The Bertz CT molecular complexity index is 322. The average Bonchev–Trinajstić information content (AvgIpc) is 2.15. The molecule has 0 saturated carbocycles. The van der Waals surface area contributed by atoms with Crippen molar-refractivity contribution in [1.29, 1.82) is 0 Å². The summed E-state index contributed by atoms with van der Waals surface area (Å²) in [6, 6.07) is 3.53. The number of benzene rings is 1. The van der Waals surface area contributed by atoms with E-state index in [-0.39, 0.29) is 12.1 Å². The van der Waals surface area contributed by atoms with Gasteiger partial charge in [0.1, 0.15) is 5.75 Å². The van der Waals surface area contributed by atoms with E-state index < -0.39 is 11.7 Å². The lowest BCUT2D eigenvalue weighted by atomic mass is 10.1. The van der Waals surface area contributed by atoms with E-state index in [9.17, 15) is 13.2 Å². The molecule has 0 aliphatic heterocycles. The number of halogens is 3. The lowest BCUT2D eigenvalue weighted by Crippen LogP contribution is -2.11. The number of hydrogen-bond acceptors (Lipinski definition) is 2. The van der Waals surface area contributed by atoms with Gasteiger partial charge in [0.15, 0.2) is 0 Å². The maximum Gasteiger partial charge on any atom is 0.416 e. The van der Waals surface area contributed by atoms with Crippen LogP contribution in [0.5, 0.6) is 5.75 Å². The molecular formula is C9H10F3NO. The number of rotatable bonds is 2. The van der Waals surface area contributed by atoms with Crippen LogP contribution in [0.4, 0.5) is 13.2 Å².